The van der Waals surface area contributed by atoms with Gasteiger partial charge in [0, 0.05) is 49.6 Å². The largest absolute Gasteiger partial charge is 0.391 e. The highest BCUT2D eigenvalue weighted by Crippen LogP contribution is 2.34. The maximum absolute atomic E-state index is 12.1. The lowest BCUT2D eigenvalue weighted by molar-refractivity contribution is 0.0717. The van der Waals surface area contributed by atoms with Crippen molar-refractivity contribution in [2.45, 2.75) is 70.4 Å². The standard InChI is InChI=1S/C22H36N2O2S/c1-2-3-4-5-6-7-11-27-17-20(25)16-23-13-18-12-19(15-23)21-9-8-10-22(26)24(21)14-18/h8-10,18-20,25H,2-7,11-17H2,1H3/t18-,19-,20?/m0/s1. The van der Waals surface area contributed by atoms with Crippen molar-refractivity contribution in [3.05, 3.63) is 34.2 Å². The number of unbranched alkanes of at least 4 members (excludes halogenated alkanes) is 5. The molecule has 1 N–H and O–H groups in total. The molecule has 2 aliphatic rings. The van der Waals surface area contributed by atoms with Crippen LogP contribution >= 0.6 is 11.8 Å². The minimum atomic E-state index is -0.244. The fourth-order valence-corrected chi connectivity index (χ4v) is 5.65. The van der Waals surface area contributed by atoms with Crippen LogP contribution in [0.1, 0.15) is 63.5 Å². The summed E-state index contributed by atoms with van der Waals surface area (Å²) in [5, 5.41) is 10.5. The summed E-state index contributed by atoms with van der Waals surface area (Å²) in [6.07, 6.45) is 8.95. The third-order valence-electron chi connectivity index (χ3n) is 5.98. The Bertz CT molecular complexity index is 633. The predicted octanol–water partition coefficient (Wildman–Crippen LogP) is 3.72. The van der Waals surface area contributed by atoms with Crippen LogP contribution < -0.4 is 5.56 Å². The van der Waals surface area contributed by atoms with Crippen molar-refractivity contribution < 1.29 is 5.11 Å². The molecule has 4 nitrogen and oxygen atoms in total. The predicted molar refractivity (Wildman–Crippen MR) is 115 cm³/mol. The van der Waals surface area contributed by atoms with Crippen LogP contribution in [0.2, 0.25) is 0 Å². The highest BCUT2D eigenvalue weighted by molar-refractivity contribution is 7.99. The molecule has 0 spiro atoms. The van der Waals surface area contributed by atoms with E-state index < -0.39 is 0 Å². The Hall–Kier alpha value is -0.780. The number of thioether (sulfide) groups is 1. The van der Waals surface area contributed by atoms with E-state index in [1.807, 2.05) is 22.4 Å². The Labute approximate surface area is 168 Å². The number of hydrogen-bond acceptors (Lipinski definition) is 4. The highest BCUT2D eigenvalue weighted by atomic mass is 32.2. The molecule has 1 aromatic rings. The zero-order valence-corrected chi connectivity index (χ0v) is 17.6. The minimum absolute atomic E-state index is 0.141. The third kappa shape index (κ3) is 6.10. The molecule has 27 heavy (non-hydrogen) atoms. The SMILES string of the molecule is CCCCCCCCSCC(O)CN1C[C@@H]2C[C@@H](C1)c1cccc(=O)n1C2. The number of nitrogens with zero attached hydrogens (tertiary/aromatic N) is 2. The molecule has 2 aliphatic heterocycles. The first-order chi connectivity index (χ1) is 13.2. The highest BCUT2D eigenvalue weighted by Gasteiger charge is 2.34. The van der Waals surface area contributed by atoms with Gasteiger partial charge < -0.3 is 9.67 Å². The summed E-state index contributed by atoms with van der Waals surface area (Å²) in [6.45, 7) is 5.85. The van der Waals surface area contributed by atoms with E-state index >= 15 is 0 Å². The first-order valence-electron chi connectivity index (χ1n) is 10.8. The van der Waals surface area contributed by atoms with Gasteiger partial charge in [0.2, 0.25) is 0 Å². The van der Waals surface area contributed by atoms with Crippen molar-refractivity contribution in [1.82, 2.24) is 9.47 Å². The van der Waals surface area contributed by atoms with Gasteiger partial charge in [0.05, 0.1) is 6.10 Å². The molecule has 3 rings (SSSR count). The molecule has 0 aliphatic carbocycles. The van der Waals surface area contributed by atoms with E-state index in [1.165, 1.54) is 56.4 Å². The minimum Gasteiger partial charge on any atom is -0.391 e. The number of pyridine rings is 1. The molecule has 0 radical (unpaired) electrons. The Morgan fingerprint density at radius 1 is 1.15 bits per heavy atom. The molecule has 1 fully saturated rings. The van der Waals surface area contributed by atoms with E-state index in [0.717, 1.165) is 31.9 Å². The van der Waals surface area contributed by atoms with Crippen LogP contribution in [0.5, 0.6) is 0 Å². The van der Waals surface area contributed by atoms with E-state index in [0.29, 0.717) is 11.8 Å². The molecule has 0 saturated carbocycles. The van der Waals surface area contributed by atoms with Gasteiger partial charge in [-0.05, 0) is 30.6 Å². The Morgan fingerprint density at radius 3 is 2.81 bits per heavy atom. The molecule has 1 aromatic heterocycles. The van der Waals surface area contributed by atoms with Crippen molar-refractivity contribution in [3.8, 4) is 0 Å². The number of piperidine rings is 1. The molecule has 5 heteroatoms. The van der Waals surface area contributed by atoms with Gasteiger partial charge in [0.25, 0.3) is 5.56 Å². The molecule has 0 amide bonds. The number of rotatable bonds is 11. The van der Waals surface area contributed by atoms with Gasteiger partial charge in [-0.25, -0.2) is 0 Å². The lowest BCUT2D eigenvalue weighted by Crippen LogP contribution is -2.49. The maximum atomic E-state index is 12.1. The number of aliphatic hydroxyl groups is 1. The van der Waals surface area contributed by atoms with Crippen molar-refractivity contribution in [3.63, 3.8) is 0 Å². The molecule has 1 unspecified atom stereocenters. The van der Waals surface area contributed by atoms with E-state index in [-0.39, 0.29) is 11.7 Å². The Balaban J connectivity index is 1.36. The van der Waals surface area contributed by atoms with Gasteiger partial charge in [-0.1, -0.05) is 45.1 Å². The fraction of sp³-hybridized carbons (Fsp3) is 0.773. The summed E-state index contributed by atoms with van der Waals surface area (Å²) in [4.78, 5) is 14.5. The van der Waals surface area contributed by atoms with Gasteiger partial charge in [-0.15, -0.1) is 0 Å². The molecule has 152 valence electrons. The second-order valence-corrected chi connectivity index (χ2v) is 9.56. The van der Waals surface area contributed by atoms with Gasteiger partial charge in [-0.3, -0.25) is 9.69 Å². The molecular weight excluding hydrogens is 356 g/mol. The summed E-state index contributed by atoms with van der Waals surface area (Å²) in [7, 11) is 0. The summed E-state index contributed by atoms with van der Waals surface area (Å²) in [5.41, 5.74) is 1.33. The van der Waals surface area contributed by atoms with E-state index in [9.17, 15) is 9.90 Å². The summed E-state index contributed by atoms with van der Waals surface area (Å²) >= 11 is 1.90. The number of likely N-dealkylation sites (tertiary alicyclic amines) is 1. The number of β-amino-alcohol motifs (C(OH)–C–C–N with tert-alkyl or cyclic N) is 1. The van der Waals surface area contributed by atoms with Gasteiger partial charge >= 0.3 is 0 Å². The van der Waals surface area contributed by atoms with Gasteiger partial charge in [-0.2, -0.15) is 11.8 Å². The molecule has 0 aromatic carbocycles. The first kappa shape index (κ1) is 20.9. The molecule has 2 bridgehead atoms. The Kier molecular flexibility index (Phi) is 8.28. The first-order valence-corrected chi connectivity index (χ1v) is 12.0. The van der Waals surface area contributed by atoms with Crippen LogP contribution in [-0.4, -0.2) is 51.8 Å². The van der Waals surface area contributed by atoms with Crippen LogP contribution in [-0.2, 0) is 6.54 Å². The van der Waals surface area contributed by atoms with Crippen LogP contribution in [0.4, 0.5) is 0 Å². The van der Waals surface area contributed by atoms with Crippen LogP contribution in [0.25, 0.3) is 0 Å². The lowest BCUT2D eigenvalue weighted by atomic mass is 9.83. The smallest absolute Gasteiger partial charge is 0.250 e. The van der Waals surface area contributed by atoms with Crippen LogP contribution in [0, 0.1) is 5.92 Å². The van der Waals surface area contributed by atoms with Crippen LogP contribution in [0.3, 0.4) is 0 Å². The number of fused-ring (bicyclic) bond motifs is 4. The Morgan fingerprint density at radius 2 is 1.96 bits per heavy atom. The van der Waals surface area contributed by atoms with E-state index in [2.05, 4.69) is 17.9 Å². The fourth-order valence-electron chi connectivity index (χ4n) is 4.70. The maximum Gasteiger partial charge on any atom is 0.250 e. The number of hydrogen-bond donors (Lipinski definition) is 1. The quantitative estimate of drug-likeness (QED) is 0.583. The van der Waals surface area contributed by atoms with Crippen molar-refractivity contribution in [1.29, 1.82) is 0 Å². The van der Waals surface area contributed by atoms with E-state index in [1.54, 1.807) is 6.07 Å². The number of aliphatic hydroxyl groups excluding tert-OH is 1. The summed E-state index contributed by atoms with van der Waals surface area (Å²) in [5.74, 6) is 3.00. The molecule has 3 atom stereocenters. The third-order valence-corrected chi connectivity index (χ3v) is 7.17. The average Bonchev–Trinajstić information content (AvgIpc) is 2.65. The average molecular weight is 393 g/mol. The second-order valence-electron chi connectivity index (χ2n) is 8.41. The van der Waals surface area contributed by atoms with Crippen molar-refractivity contribution in [2.24, 2.45) is 5.92 Å². The normalized spacial score (nSPS) is 23.2. The topological polar surface area (TPSA) is 45.5 Å². The van der Waals surface area contributed by atoms with E-state index in [4.69, 9.17) is 0 Å². The molecular formula is C22H36N2O2S. The summed E-state index contributed by atoms with van der Waals surface area (Å²) < 4.78 is 1.98. The molecule has 3 heterocycles. The van der Waals surface area contributed by atoms with Gasteiger partial charge in [0.15, 0.2) is 0 Å². The van der Waals surface area contributed by atoms with Crippen molar-refractivity contribution in [2.75, 3.05) is 31.1 Å². The lowest BCUT2D eigenvalue weighted by Gasteiger charge is -2.43. The zero-order chi connectivity index (χ0) is 19.1. The van der Waals surface area contributed by atoms with Gasteiger partial charge in [0.1, 0.15) is 0 Å². The van der Waals surface area contributed by atoms with Crippen molar-refractivity contribution >= 4 is 11.8 Å². The summed E-state index contributed by atoms with van der Waals surface area (Å²) in [6, 6.07) is 5.67. The number of aromatic nitrogens is 1. The monoisotopic (exact) mass is 392 g/mol. The zero-order valence-electron chi connectivity index (χ0n) is 16.8. The molecule has 1 saturated heterocycles. The second kappa shape index (κ2) is 10.7. The van der Waals surface area contributed by atoms with Crippen LogP contribution in [0.15, 0.2) is 23.0 Å².